The van der Waals surface area contributed by atoms with Crippen LogP contribution in [0.2, 0.25) is 0 Å². The standard InChI is InChI=1S/C15H23BrO/c1-13(2)14-8-7-9-15(12-14)17-11-6-4-3-5-10-16/h7-9,12-13H,3-6,10-11H2,1-2H3. The number of ether oxygens (including phenoxy) is 1. The van der Waals surface area contributed by atoms with Crippen LogP contribution in [0.3, 0.4) is 0 Å². The number of alkyl halides is 1. The Morgan fingerprint density at radius 3 is 2.59 bits per heavy atom. The van der Waals surface area contributed by atoms with Gasteiger partial charge in [0.1, 0.15) is 5.75 Å². The molecule has 17 heavy (non-hydrogen) atoms. The van der Waals surface area contributed by atoms with Crippen LogP contribution in [0.15, 0.2) is 24.3 Å². The lowest BCUT2D eigenvalue weighted by molar-refractivity contribution is 0.305. The van der Waals surface area contributed by atoms with E-state index in [1.807, 2.05) is 6.07 Å². The highest BCUT2D eigenvalue weighted by atomic mass is 79.9. The molecule has 0 saturated heterocycles. The molecule has 1 rings (SSSR count). The van der Waals surface area contributed by atoms with E-state index in [4.69, 9.17) is 4.74 Å². The Morgan fingerprint density at radius 2 is 1.88 bits per heavy atom. The first kappa shape index (κ1) is 14.6. The molecule has 1 nitrogen and oxygen atoms in total. The minimum atomic E-state index is 0.567. The van der Waals surface area contributed by atoms with Gasteiger partial charge in [-0.2, -0.15) is 0 Å². The first-order valence-corrected chi connectivity index (χ1v) is 7.65. The van der Waals surface area contributed by atoms with Gasteiger partial charge >= 0.3 is 0 Å². The molecule has 2 heteroatoms. The maximum atomic E-state index is 5.77. The number of unbranched alkanes of at least 4 members (excludes halogenated alkanes) is 3. The fraction of sp³-hybridized carbons (Fsp3) is 0.600. The summed E-state index contributed by atoms with van der Waals surface area (Å²) in [6.07, 6.45) is 4.97. The fourth-order valence-corrected chi connectivity index (χ4v) is 2.10. The van der Waals surface area contributed by atoms with Crippen molar-refractivity contribution in [1.82, 2.24) is 0 Å². The molecule has 0 amide bonds. The highest BCUT2D eigenvalue weighted by molar-refractivity contribution is 9.09. The molecule has 0 saturated carbocycles. The van der Waals surface area contributed by atoms with E-state index < -0.39 is 0 Å². The van der Waals surface area contributed by atoms with Crippen molar-refractivity contribution < 1.29 is 4.74 Å². The molecule has 0 atom stereocenters. The maximum absolute atomic E-state index is 5.77. The molecule has 0 bridgehead atoms. The third kappa shape index (κ3) is 6.11. The van der Waals surface area contributed by atoms with E-state index in [-0.39, 0.29) is 0 Å². The average Bonchev–Trinajstić information content (AvgIpc) is 2.34. The molecule has 0 fully saturated rings. The quantitative estimate of drug-likeness (QED) is 0.477. The molecule has 1 aromatic carbocycles. The summed E-state index contributed by atoms with van der Waals surface area (Å²) in [6.45, 7) is 5.25. The van der Waals surface area contributed by atoms with Crippen molar-refractivity contribution >= 4 is 15.9 Å². The van der Waals surface area contributed by atoms with Gasteiger partial charge in [-0.3, -0.25) is 0 Å². The Kier molecular flexibility index (Phi) is 7.34. The Hall–Kier alpha value is -0.500. The van der Waals surface area contributed by atoms with Gasteiger partial charge in [0, 0.05) is 5.33 Å². The average molecular weight is 299 g/mol. The Balaban J connectivity index is 2.24. The number of rotatable bonds is 8. The third-order valence-electron chi connectivity index (χ3n) is 2.82. The first-order valence-electron chi connectivity index (χ1n) is 6.52. The van der Waals surface area contributed by atoms with E-state index in [9.17, 15) is 0 Å². The molecular formula is C15H23BrO. The van der Waals surface area contributed by atoms with Gasteiger partial charge in [-0.15, -0.1) is 0 Å². The van der Waals surface area contributed by atoms with E-state index >= 15 is 0 Å². The minimum Gasteiger partial charge on any atom is -0.494 e. The van der Waals surface area contributed by atoms with Crippen LogP contribution in [-0.2, 0) is 0 Å². The van der Waals surface area contributed by atoms with Crippen molar-refractivity contribution in [3.8, 4) is 5.75 Å². The van der Waals surface area contributed by atoms with Crippen LogP contribution in [0.4, 0.5) is 0 Å². The Morgan fingerprint density at radius 1 is 1.12 bits per heavy atom. The molecule has 0 aliphatic heterocycles. The van der Waals surface area contributed by atoms with Crippen LogP contribution in [-0.4, -0.2) is 11.9 Å². The molecule has 1 aromatic rings. The summed E-state index contributed by atoms with van der Waals surface area (Å²) >= 11 is 3.45. The van der Waals surface area contributed by atoms with Crippen LogP contribution >= 0.6 is 15.9 Å². The van der Waals surface area contributed by atoms with Crippen LogP contribution in [0, 0.1) is 0 Å². The number of halogens is 1. The lowest BCUT2D eigenvalue weighted by Crippen LogP contribution is -1.98. The monoisotopic (exact) mass is 298 g/mol. The molecule has 0 radical (unpaired) electrons. The number of hydrogen-bond donors (Lipinski definition) is 0. The van der Waals surface area contributed by atoms with Gasteiger partial charge in [0.2, 0.25) is 0 Å². The predicted octanol–water partition coefficient (Wildman–Crippen LogP) is 5.14. The lowest BCUT2D eigenvalue weighted by atomic mass is 10.0. The summed E-state index contributed by atoms with van der Waals surface area (Å²) in [5.74, 6) is 1.58. The van der Waals surface area contributed by atoms with Crippen molar-refractivity contribution in [3.63, 3.8) is 0 Å². The summed E-state index contributed by atoms with van der Waals surface area (Å²) in [4.78, 5) is 0. The van der Waals surface area contributed by atoms with E-state index in [0.717, 1.165) is 24.1 Å². The van der Waals surface area contributed by atoms with Crippen molar-refractivity contribution in [1.29, 1.82) is 0 Å². The van der Waals surface area contributed by atoms with Gasteiger partial charge in [-0.1, -0.05) is 54.8 Å². The molecule has 96 valence electrons. The fourth-order valence-electron chi connectivity index (χ4n) is 1.70. The number of benzene rings is 1. The molecular weight excluding hydrogens is 276 g/mol. The first-order chi connectivity index (χ1) is 8.24. The van der Waals surface area contributed by atoms with E-state index in [2.05, 4.69) is 48.0 Å². The zero-order valence-corrected chi connectivity index (χ0v) is 12.5. The molecule has 0 aliphatic rings. The molecule has 0 unspecified atom stereocenters. The third-order valence-corrected chi connectivity index (χ3v) is 3.38. The zero-order chi connectivity index (χ0) is 12.5. The molecule has 0 aromatic heterocycles. The normalized spacial score (nSPS) is 10.8. The van der Waals surface area contributed by atoms with Crippen molar-refractivity contribution in [2.75, 3.05) is 11.9 Å². The molecule has 0 aliphatic carbocycles. The van der Waals surface area contributed by atoms with Gasteiger partial charge in [-0.05, 0) is 36.5 Å². The van der Waals surface area contributed by atoms with E-state index in [1.54, 1.807) is 0 Å². The summed E-state index contributed by atoms with van der Waals surface area (Å²) < 4.78 is 5.77. The Labute approximate surface area is 114 Å². The van der Waals surface area contributed by atoms with E-state index in [0.29, 0.717) is 5.92 Å². The number of hydrogen-bond acceptors (Lipinski definition) is 1. The minimum absolute atomic E-state index is 0.567. The Bertz CT molecular complexity index is 310. The largest absolute Gasteiger partial charge is 0.494 e. The van der Waals surface area contributed by atoms with Gasteiger partial charge in [0.25, 0.3) is 0 Å². The van der Waals surface area contributed by atoms with Crippen molar-refractivity contribution in [2.45, 2.75) is 45.4 Å². The van der Waals surface area contributed by atoms with Gasteiger partial charge in [0.15, 0.2) is 0 Å². The highest BCUT2D eigenvalue weighted by Crippen LogP contribution is 2.20. The van der Waals surface area contributed by atoms with Crippen LogP contribution in [0.1, 0.15) is 51.0 Å². The molecule has 0 N–H and O–H groups in total. The second-order valence-electron chi connectivity index (χ2n) is 4.68. The second kappa shape index (κ2) is 8.57. The van der Waals surface area contributed by atoms with Gasteiger partial charge in [0.05, 0.1) is 6.61 Å². The summed E-state index contributed by atoms with van der Waals surface area (Å²) in [7, 11) is 0. The topological polar surface area (TPSA) is 9.23 Å². The van der Waals surface area contributed by atoms with Gasteiger partial charge in [-0.25, -0.2) is 0 Å². The van der Waals surface area contributed by atoms with Crippen LogP contribution < -0.4 is 4.74 Å². The molecule has 0 spiro atoms. The maximum Gasteiger partial charge on any atom is 0.119 e. The summed E-state index contributed by atoms with van der Waals surface area (Å²) in [6, 6.07) is 8.44. The van der Waals surface area contributed by atoms with Gasteiger partial charge < -0.3 is 4.74 Å². The van der Waals surface area contributed by atoms with Crippen LogP contribution in [0.25, 0.3) is 0 Å². The predicted molar refractivity (Wildman–Crippen MR) is 78.3 cm³/mol. The summed E-state index contributed by atoms with van der Waals surface area (Å²) in [5, 5.41) is 1.12. The van der Waals surface area contributed by atoms with Crippen molar-refractivity contribution in [2.24, 2.45) is 0 Å². The van der Waals surface area contributed by atoms with E-state index in [1.165, 1.54) is 24.8 Å². The SMILES string of the molecule is CC(C)c1cccc(OCCCCCCBr)c1. The molecule has 0 heterocycles. The van der Waals surface area contributed by atoms with Crippen LogP contribution in [0.5, 0.6) is 5.75 Å². The summed E-state index contributed by atoms with van der Waals surface area (Å²) in [5.41, 5.74) is 1.35. The zero-order valence-electron chi connectivity index (χ0n) is 10.9. The smallest absolute Gasteiger partial charge is 0.119 e. The van der Waals surface area contributed by atoms with Crippen molar-refractivity contribution in [3.05, 3.63) is 29.8 Å². The highest BCUT2D eigenvalue weighted by Gasteiger charge is 2.00. The lowest BCUT2D eigenvalue weighted by Gasteiger charge is -2.09. The second-order valence-corrected chi connectivity index (χ2v) is 5.47.